The third kappa shape index (κ3) is 5.85. The summed E-state index contributed by atoms with van der Waals surface area (Å²) >= 11 is 0. The quantitative estimate of drug-likeness (QED) is 0.717. The van der Waals surface area contributed by atoms with E-state index in [1.54, 1.807) is 4.31 Å². The van der Waals surface area contributed by atoms with Gasteiger partial charge in [-0.15, -0.1) is 0 Å². The number of nitrogens with one attached hydrogen (secondary N) is 2. The van der Waals surface area contributed by atoms with Gasteiger partial charge in [-0.1, -0.05) is 34.6 Å². The summed E-state index contributed by atoms with van der Waals surface area (Å²) < 4.78 is 29.1. The molecule has 1 aliphatic rings. The first-order valence-electron chi connectivity index (χ1n) is 8.14. The predicted molar refractivity (Wildman–Crippen MR) is 88.4 cm³/mol. The molecule has 0 unspecified atom stereocenters. The molecule has 0 aromatic carbocycles. The van der Waals surface area contributed by atoms with Crippen LogP contribution in [0.25, 0.3) is 0 Å². The molecule has 0 spiro atoms. The molecule has 0 aromatic rings. The van der Waals surface area contributed by atoms with Gasteiger partial charge in [0.05, 0.1) is 0 Å². The van der Waals surface area contributed by atoms with Crippen LogP contribution < -0.4 is 10.0 Å². The van der Waals surface area contributed by atoms with Gasteiger partial charge in [0.25, 0.3) is 10.2 Å². The minimum Gasteiger partial charge on any atom is -0.317 e. The molecule has 0 saturated carbocycles. The van der Waals surface area contributed by atoms with Crippen molar-refractivity contribution >= 4 is 10.2 Å². The van der Waals surface area contributed by atoms with Gasteiger partial charge in [0.2, 0.25) is 0 Å². The van der Waals surface area contributed by atoms with E-state index in [1.807, 2.05) is 0 Å². The van der Waals surface area contributed by atoms with Crippen molar-refractivity contribution < 1.29 is 8.42 Å². The second-order valence-electron chi connectivity index (χ2n) is 7.12. The molecule has 1 heterocycles. The molecule has 1 fully saturated rings. The summed E-state index contributed by atoms with van der Waals surface area (Å²) in [6.45, 7) is 14.3. The molecule has 0 radical (unpaired) electrons. The van der Waals surface area contributed by atoms with Crippen LogP contribution in [0, 0.1) is 17.3 Å². The smallest absolute Gasteiger partial charge is 0.279 e. The van der Waals surface area contributed by atoms with E-state index in [4.69, 9.17) is 0 Å². The Morgan fingerprint density at radius 1 is 1.24 bits per heavy atom. The van der Waals surface area contributed by atoms with Gasteiger partial charge in [0, 0.05) is 19.6 Å². The van der Waals surface area contributed by atoms with Gasteiger partial charge in [-0.2, -0.15) is 12.7 Å². The van der Waals surface area contributed by atoms with Crippen molar-refractivity contribution in [2.45, 2.75) is 47.5 Å². The van der Waals surface area contributed by atoms with Crippen LogP contribution in [0.1, 0.15) is 47.5 Å². The van der Waals surface area contributed by atoms with Crippen LogP contribution in [0.2, 0.25) is 0 Å². The van der Waals surface area contributed by atoms with Crippen LogP contribution >= 0.6 is 0 Å². The molecular formula is C15H33N3O2S. The predicted octanol–water partition coefficient (Wildman–Crippen LogP) is 1.82. The van der Waals surface area contributed by atoms with Gasteiger partial charge < -0.3 is 5.32 Å². The van der Waals surface area contributed by atoms with Gasteiger partial charge in [-0.05, 0) is 43.2 Å². The fraction of sp³-hybridized carbons (Fsp3) is 1.00. The van der Waals surface area contributed by atoms with Gasteiger partial charge in [-0.3, -0.25) is 0 Å². The summed E-state index contributed by atoms with van der Waals surface area (Å²) in [5.41, 5.74) is -0.0313. The first kappa shape index (κ1) is 18.9. The van der Waals surface area contributed by atoms with Crippen molar-refractivity contribution in [3.63, 3.8) is 0 Å². The van der Waals surface area contributed by atoms with Gasteiger partial charge in [-0.25, -0.2) is 4.72 Å². The molecule has 1 aliphatic heterocycles. The number of hydrogen-bond donors (Lipinski definition) is 2. The Bertz CT molecular complexity index is 399. The lowest BCUT2D eigenvalue weighted by molar-refractivity contribution is 0.241. The molecule has 1 saturated heterocycles. The Kier molecular flexibility index (Phi) is 7.10. The molecule has 0 atom stereocenters. The largest absolute Gasteiger partial charge is 0.317 e. The van der Waals surface area contributed by atoms with Crippen LogP contribution in [-0.4, -0.2) is 45.4 Å². The molecule has 0 aromatic heterocycles. The highest BCUT2D eigenvalue weighted by Crippen LogP contribution is 2.25. The van der Waals surface area contributed by atoms with Crippen molar-refractivity contribution in [1.82, 2.24) is 14.3 Å². The lowest BCUT2D eigenvalue weighted by Crippen LogP contribution is -2.48. The monoisotopic (exact) mass is 319 g/mol. The van der Waals surface area contributed by atoms with Gasteiger partial charge >= 0.3 is 0 Å². The normalized spacial score (nSPS) is 19.3. The van der Waals surface area contributed by atoms with Gasteiger partial charge in [0.15, 0.2) is 0 Å². The average Bonchev–Trinajstić information content (AvgIpc) is 2.43. The molecule has 21 heavy (non-hydrogen) atoms. The minimum atomic E-state index is -3.33. The summed E-state index contributed by atoms with van der Waals surface area (Å²) in [5.74, 6) is 1.04. The first-order chi connectivity index (χ1) is 9.69. The van der Waals surface area contributed by atoms with Crippen LogP contribution in [-0.2, 0) is 10.2 Å². The number of piperidine rings is 1. The average molecular weight is 320 g/mol. The third-order valence-corrected chi connectivity index (χ3v) is 6.42. The van der Waals surface area contributed by atoms with Crippen molar-refractivity contribution in [1.29, 1.82) is 0 Å². The van der Waals surface area contributed by atoms with Crippen molar-refractivity contribution in [3.8, 4) is 0 Å². The number of nitrogens with zero attached hydrogens (tertiary/aromatic N) is 1. The second kappa shape index (κ2) is 7.90. The highest BCUT2D eigenvalue weighted by molar-refractivity contribution is 7.87. The third-order valence-electron chi connectivity index (χ3n) is 4.87. The minimum absolute atomic E-state index is 0.0313. The molecule has 5 nitrogen and oxygen atoms in total. The van der Waals surface area contributed by atoms with E-state index in [2.05, 4.69) is 44.7 Å². The lowest BCUT2D eigenvalue weighted by Gasteiger charge is -2.34. The van der Waals surface area contributed by atoms with E-state index in [0.717, 1.165) is 25.9 Å². The molecule has 0 aliphatic carbocycles. The fourth-order valence-corrected chi connectivity index (χ4v) is 3.70. The zero-order valence-electron chi connectivity index (χ0n) is 14.3. The Morgan fingerprint density at radius 3 is 2.29 bits per heavy atom. The molecule has 2 N–H and O–H groups in total. The van der Waals surface area contributed by atoms with Crippen LogP contribution in [0.4, 0.5) is 0 Å². The Hall–Kier alpha value is -0.170. The Balaban J connectivity index is 2.46. The number of hydrogen-bond acceptors (Lipinski definition) is 3. The van der Waals surface area contributed by atoms with E-state index >= 15 is 0 Å². The summed E-state index contributed by atoms with van der Waals surface area (Å²) in [4.78, 5) is 0. The molecule has 6 heteroatoms. The van der Waals surface area contributed by atoms with Crippen LogP contribution in [0.5, 0.6) is 0 Å². The van der Waals surface area contributed by atoms with E-state index in [-0.39, 0.29) is 5.41 Å². The molecule has 0 amide bonds. The van der Waals surface area contributed by atoms with Gasteiger partial charge in [0.1, 0.15) is 0 Å². The second-order valence-corrected chi connectivity index (χ2v) is 8.87. The standard InChI is InChI=1S/C15H33N3O2S/c1-6-16-11-14-7-9-18(10-8-14)21(19,20)17-12-15(4,5)13(2)3/h13-14,16-17H,6-12H2,1-5H3. The summed E-state index contributed by atoms with van der Waals surface area (Å²) in [6.07, 6.45) is 1.89. The Labute approximate surface area is 131 Å². The molecule has 1 rings (SSSR count). The Morgan fingerprint density at radius 2 is 1.81 bits per heavy atom. The number of rotatable bonds is 8. The topological polar surface area (TPSA) is 61.4 Å². The summed E-state index contributed by atoms with van der Waals surface area (Å²) in [5, 5.41) is 3.35. The van der Waals surface area contributed by atoms with Crippen molar-refractivity contribution in [2.24, 2.45) is 17.3 Å². The maximum absolute atomic E-state index is 12.4. The highest BCUT2D eigenvalue weighted by Gasteiger charge is 2.30. The highest BCUT2D eigenvalue weighted by atomic mass is 32.2. The zero-order chi connectivity index (χ0) is 16.1. The van der Waals surface area contributed by atoms with Crippen LogP contribution in [0.3, 0.4) is 0 Å². The SMILES string of the molecule is CCNCC1CCN(S(=O)(=O)NCC(C)(C)C(C)C)CC1. The van der Waals surface area contributed by atoms with E-state index in [9.17, 15) is 8.42 Å². The van der Waals surface area contributed by atoms with E-state index in [1.165, 1.54) is 0 Å². The van der Waals surface area contributed by atoms with Crippen molar-refractivity contribution in [3.05, 3.63) is 0 Å². The molecule has 126 valence electrons. The van der Waals surface area contributed by atoms with E-state index in [0.29, 0.717) is 31.5 Å². The summed E-state index contributed by atoms with van der Waals surface area (Å²) in [6, 6.07) is 0. The zero-order valence-corrected chi connectivity index (χ0v) is 15.1. The first-order valence-corrected chi connectivity index (χ1v) is 9.58. The summed E-state index contributed by atoms with van der Waals surface area (Å²) in [7, 11) is -3.33. The fourth-order valence-electron chi connectivity index (χ4n) is 2.27. The lowest BCUT2D eigenvalue weighted by atomic mass is 9.81. The molecule has 0 bridgehead atoms. The molecular weight excluding hydrogens is 286 g/mol. The maximum atomic E-state index is 12.4. The van der Waals surface area contributed by atoms with E-state index < -0.39 is 10.2 Å². The van der Waals surface area contributed by atoms with Crippen LogP contribution in [0.15, 0.2) is 0 Å². The maximum Gasteiger partial charge on any atom is 0.279 e. The van der Waals surface area contributed by atoms with Crippen molar-refractivity contribution in [2.75, 3.05) is 32.7 Å².